The highest BCUT2D eigenvalue weighted by atomic mass is 35.5. The summed E-state index contributed by atoms with van der Waals surface area (Å²) < 4.78 is 0.865. The van der Waals surface area contributed by atoms with Gasteiger partial charge in [-0.2, -0.15) is 0 Å². The van der Waals surface area contributed by atoms with E-state index >= 15 is 0 Å². The summed E-state index contributed by atoms with van der Waals surface area (Å²) in [5.41, 5.74) is 1.62. The van der Waals surface area contributed by atoms with Gasteiger partial charge in [0.05, 0.1) is 16.1 Å². The number of likely N-dealkylation sites (tertiary alicyclic amines) is 1. The number of thiophene rings is 1. The average molecular weight is 533 g/mol. The highest BCUT2D eigenvalue weighted by molar-refractivity contribution is 7.21. The summed E-state index contributed by atoms with van der Waals surface area (Å²) in [5.74, 6) is -1.31. The number of carbonyl (C=O) groups excluding carboxylic acids is 2. The Morgan fingerprint density at radius 3 is 2.46 bits per heavy atom. The molecule has 1 aliphatic rings. The number of nitrogens with zero attached hydrogens (tertiary/aromatic N) is 1. The molecular formula is C29H25ClN2O4S. The number of hydrogen-bond donors (Lipinski definition) is 2. The van der Waals surface area contributed by atoms with Crippen molar-refractivity contribution in [1.82, 2.24) is 4.90 Å². The van der Waals surface area contributed by atoms with Gasteiger partial charge in [-0.1, -0.05) is 48.0 Å². The summed E-state index contributed by atoms with van der Waals surface area (Å²) in [4.78, 5) is 40.2. The number of rotatable bonds is 6. The Labute approximate surface area is 223 Å². The first-order valence-electron chi connectivity index (χ1n) is 12.1. The third kappa shape index (κ3) is 5.68. The van der Waals surface area contributed by atoms with Crippen LogP contribution in [0.5, 0.6) is 0 Å². The van der Waals surface area contributed by atoms with Crippen LogP contribution < -0.4 is 5.32 Å². The van der Waals surface area contributed by atoms with Crippen LogP contribution >= 0.6 is 22.9 Å². The van der Waals surface area contributed by atoms with Crippen LogP contribution in [0.1, 0.15) is 48.8 Å². The summed E-state index contributed by atoms with van der Waals surface area (Å²) in [6.45, 7) is 1.26. The number of benzene rings is 3. The molecule has 1 aliphatic heterocycles. The molecule has 188 valence electrons. The topological polar surface area (TPSA) is 86.7 Å². The second-order valence-corrected chi connectivity index (χ2v) is 10.8. The van der Waals surface area contributed by atoms with E-state index in [0.29, 0.717) is 34.5 Å². The Balaban J connectivity index is 1.27. The number of halogens is 1. The zero-order valence-electron chi connectivity index (χ0n) is 19.9. The monoisotopic (exact) mass is 532 g/mol. The van der Waals surface area contributed by atoms with Gasteiger partial charge in [0.15, 0.2) is 0 Å². The lowest BCUT2D eigenvalue weighted by Crippen LogP contribution is -2.39. The summed E-state index contributed by atoms with van der Waals surface area (Å²) in [5, 5.41) is 13.9. The fourth-order valence-corrected chi connectivity index (χ4v) is 5.97. The van der Waals surface area contributed by atoms with Gasteiger partial charge in [-0.25, -0.2) is 4.79 Å². The summed E-state index contributed by atoms with van der Waals surface area (Å²) in [6, 6.07) is 21.9. The Morgan fingerprint density at radius 1 is 0.973 bits per heavy atom. The number of carboxylic acid groups (broad SMARTS) is 1. The van der Waals surface area contributed by atoms with E-state index in [4.69, 9.17) is 11.6 Å². The van der Waals surface area contributed by atoms with Gasteiger partial charge < -0.3 is 15.3 Å². The molecule has 0 aliphatic carbocycles. The Bertz CT molecular complexity index is 1480. The lowest BCUT2D eigenvalue weighted by molar-refractivity contribution is 0.0690. The third-order valence-electron chi connectivity index (χ3n) is 6.72. The van der Waals surface area contributed by atoms with Gasteiger partial charge in [-0.15, -0.1) is 11.3 Å². The second-order valence-electron chi connectivity index (χ2n) is 9.24. The van der Waals surface area contributed by atoms with Crippen molar-refractivity contribution in [1.29, 1.82) is 0 Å². The predicted molar refractivity (Wildman–Crippen MR) is 147 cm³/mol. The molecule has 0 saturated carbocycles. The van der Waals surface area contributed by atoms with Gasteiger partial charge in [0.25, 0.3) is 11.8 Å². The first-order chi connectivity index (χ1) is 17.9. The van der Waals surface area contributed by atoms with Crippen LogP contribution in [0.3, 0.4) is 0 Å². The van der Waals surface area contributed by atoms with E-state index in [2.05, 4.69) is 17.4 Å². The number of amides is 2. The largest absolute Gasteiger partial charge is 0.478 e. The van der Waals surface area contributed by atoms with Crippen molar-refractivity contribution < 1.29 is 19.5 Å². The molecule has 2 heterocycles. The lowest BCUT2D eigenvalue weighted by Gasteiger charge is -2.32. The molecule has 0 bridgehead atoms. The highest BCUT2D eigenvalue weighted by Gasteiger charge is 2.25. The van der Waals surface area contributed by atoms with E-state index in [-0.39, 0.29) is 17.2 Å². The Morgan fingerprint density at radius 2 is 1.73 bits per heavy atom. The Hall–Kier alpha value is -3.68. The number of hydrogen-bond acceptors (Lipinski definition) is 4. The number of anilines is 1. The van der Waals surface area contributed by atoms with Gasteiger partial charge in [-0.05, 0) is 72.5 Å². The quantitative estimate of drug-likeness (QED) is 0.293. The van der Waals surface area contributed by atoms with Crippen LogP contribution in [-0.4, -0.2) is 40.9 Å². The van der Waals surface area contributed by atoms with Crippen LogP contribution in [-0.2, 0) is 6.42 Å². The summed E-state index contributed by atoms with van der Waals surface area (Å²) >= 11 is 7.31. The maximum absolute atomic E-state index is 13.2. The third-order valence-corrected chi connectivity index (χ3v) is 8.05. The zero-order valence-corrected chi connectivity index (χ0v) is 21.5. The fraction of sp³-hybridized carbons (Fsp3) is 0.207. The van der Waals surface area contributed by atoms with Crippen molar-refractivity contribution in [2.75, 3.05) is 18.4 Å². The van der Waals surface area contributed by atoms with Crippen LogP contribution in [0.4, 0.5) is 5.69 Å². The van der Waals surface area contributed by atoms with Crippen molar-refractivity contribution in [3.63, 3.8) is 0 Å². The van der Waals surface area contributed by atoms with Gasteiger partial charge in [0.2, 0.25) is 0 Å². The molecule has 2 amide bonds. The molecule has 1 aromatic heterocycles. The van der Waals surface area contributed by atoms with Gasteiger partial charge in [0, 0.05) is 28.4 Å². The SMILES string of the molecule is O=C(Nc1ccc(C(=O)N2CCC(Cc3ccccc3)CC2)cc1C(=O)O)c1cc2ccc(Cl)cc2s1. The molecule has 3 aromatic carbocycles. The summed E-state index contributed by atoms with van der Waals surface area (Å²) in [7, 11) is 0. The average Bonchev–Trinajstić information content (AvgIpc) is 3.33. The van der Waals surface area contributed by atoms with E-state index < -0.39 is 11.9 Å². The first kappa shape index (κ1) is 25.0. The smallest absolute Gasteiger partial charge is 0.337 e. The molecular weight excluding hydrogens is 508 g/mol. The van der Waals surface area contributed by atoms with E-state index in [1.54, 1.807) is 29.2 Å². The molecule has 0 radical (unpaired) electrons. The minimum absolute atomic E-state index is 0.123. The van der Waals surface area contributed by atoms with Crippen LogP contribution in [0.25, 0.3) is 10.1 Å². The van der Waals surface area contributed by atoms with Gasteiger partial charge in [0.1, 0.15) is 0 Å². The fourth-order valence-electron chi connectivity index (χ4n) is 4.73. The minimum Gasteiger partial charge on any atom is -0.478 e. The first-order valence-corrected chi connectivity index (χ1v) is 13.3. The second kappa shape index (κ2) is 10.7. The van der Waals surface area contributed by atoms with E-state index in [9.17, 15) is 19.5 Å². The van der Waals surface area contributed by atoms with Gasteiger partial charge >= 0.3 is 5.97 Å². The maximum Gasteiger partial charge on any atom is 0.337 e. The molecule has 1 fully saturated rings. The number of carbonyl (C=O) groups is 3. The molecule has 0 unspecified atom stereocenters. The number of piperidine rings is 1. The zero-order chi connectivity index (χ0) is 25.9. The molecule has 2 N–H and O–H groups in total. The number of aromatic carboxylic acids is 1. The Kier molecular flexibility index (Phi) is 7.26. The maximum atomic E-state index is 13.2. The predicted octanol–water partition coefficient (Wildman–Crippen LogP) is 6.60. The van der Waals surface area contributed by atoms with E-state index in [0.717, 1.165) is 29.3 Å². The molecule has 8 heteroatoms. The van der Waals surface area contributed by atoms with E-state index in [1.165, 1.54) is 29.0 Å². The van der Waals surface area contributed by atoms with Crippen molar-refractivity contribution in [2.45, 2.75) is 19.3 Å². The van der Waals surface area contributed by atoms with Crippen molar-refractivity contribution in [2.24, 2.45) is 5.92 Å². The molecule has 0 spiro atoms. The molecule has 1 saturated heterocycles. The van der Waals surface area contributed by atoms with Gasteiger partial charge in [-0.3, -0.25) is 9.59 Å². The molecule has 6 nitrogen and oxygen atoms in total. The van der Waals surface area contributed by atoms with E-state index in [1.807, 2.05) is 24.3 Å². The normalized spacial score (nSPS) is 14.0. The van der Waals surface area contributed by atoms with Crippen molar-refractivity contribution in [3.8, 4) is 0 Å². The number of fused-ring (bicyclic) bond motifs is 1. The number of carboxylic acids is 1. The van der Waals surface area contributed by atoms with Crippen LogP contribution in [0, 0.1) is 5.92 Å². The van der Waals surface area contributed by atoms with Crippen LogP contribution in [0.2, 0.25) is 5.02 Å². The minimum atomic E-state index is -1.21. The number of nitrogens with one attached hydrogen (secondary N) is 1. The van der Waals surface area contributed by atoms with Crippen LogP contribution in [0.15, 0.2) is 72.8 Å². The lowest BCUT2D eigenvalue weighted by atomic mass is 9.90. The van der Waals surface area contributed by atoms with Crippen molar-refractivity contribution in [3.05, 3.63) is 99.4 Å². The molecule has 0 atom stereocenters. The standard InChI is InChI=1S/C29H25ClN2O4S/c30-22-8-6-20-16-26(37-25(20)17-22)27(33)31-24-9-7-21(15-23(24)29(35)36)28(34)32-12-10-19(11-13-32)14-18-4-2-1-3-5-18/h1-9,15-17,19H,10-14H2,(H,31,33)(H,35,36). The van der Waals surface area contributed by atoms with Crippen molar-refractivity contribution >= 4 is 56.5 Å². The molecule has 5 rings (SSSR count). The molecule has 37 heavy (non-hydrogen) atoms. The summed E-state index contributed by atoms with van der Waals surface area (Å²) in [6.07, 6.45) is 2.80. The highest BCUT2D eigenvalue weighted by Crippen LogP contribution is 2.30. The molecule has 4 aromatic rings.